The van der Waals surface area contributed by atoms with Crippen LogP contribution in [0.25, 0.3) is 0 Å². The van der Waals surface area contributed by atoms with Gasteiger partial charge in [0.2, 0.25) is 5.95 Å². The zero-order valence-corrected chi connectivity index (χ0v) is 19.2. The Morgan fingerprint density at radius 3 is 2.73 bits per heavy atom. The first-order valence-corrected chi connectivity index (χ1v) is 12.1. The van der Waals surface area contributed by atoms with Crippen LogP contribution in [0, 0.1) is 5.82 Å². The minimum atomic E-state index is -0.442. The second-order valence-electron chi connectivity index (χ2n) is 9.39. The van der Waals surface area contributed by atoms with Crippen molar-refractivity contribution in [2.45, 2.75) is 50.6 Å². The normalized spacial score (nSPS) is 21.1. The number of aromatic nitrogens is 2. The van der Waals surface area contributed by atoms with Crippen LogP contribution >= 0.6 is 0 Å². The van der Waals surface area contributed by atoms with Crippen molar-refractivity contribution in [1.82, 2.24) is 19.8 Å². The quantitative estimate of drug-likeness (QED) is 0.609. The van der Waals surface area contributed by atoms with Crippen molar-refractivity contribution in [3.05, 3.63) is 66.3 Å². The monoisotopic (exact) mass is 448 g/mol. The van der Waals surface area contributed by atoms with Gasteiger partial charge in [0.05, 0.1) is 6.20 Å². The Morgan fingerprint density at radius 1 is 1.12 bits per heavy atom. The van der Waals surface area contributed by atoms with Crippen LogP contribution in [0.4, 0.5) is 21.8 Å². The smallest absolute Gasteiger partial charge is 0.229 e. The Labute approximate surface area is 195 Å². The lowest BCUT2D eigenvalue weighted by molar-refractivity contribution is 0.276. The molecule has 0 spiro atoms. The molecule has 174 valence electrons. The molecule has 0 amide bonds. The summed E-state index contributed by atoms with van der Waals surface area (Å²) in [5.74, 6) is 0.191. The molecule has 0 bridgehead atoms. The van der Waals surface area contributed by atoms with Gasteiger partial charge in [-0.05, 0) is 67.9 Å². The molecular weight excluding hydrogens is 415 g/mol. The summed E-state index contributed by atoms with van der Waals surface area (Å²) in [4.78, 5) is 13.4. The number of fused-ring (bicyclic) bond motifs is 1. The lowest BCUT2D eigenvalue weighted by Gasteiger charge is -2.35. The van der Waals surface area contributed by atoms with Crippen LogP contribution in [0.15, 0.2) is 49.3 Å². The van der Waals surface area contributed by atoms with Crippen LogP contribution in [-0.4, -0.2) is 58.0 Å². The van der Waals surface area contributed by atoms with Crippen LogP contribution in [0.5, 0.6) is 0 Å². The minimum absolute atomic E-state index is 0.0922. The molecule has 0 radical (unpaired) electrons. The molecule has 3 heterocycles. The summed E-state index contributed by atoms with van der Waals surface area (Å²) in [5, 5.41) is 6.56. The number of piperidine rings is 1. The molecule has 2 aliphatic heterocycles. The minimum Gasteiger partial charge on any atom is -0.370 e. The maximum Gasteiger partial charge on any atom is 0.229 e. The number of halogens is 1. The molecule has 1 atom stereocenters. The van der Waals surface area contributed by atoms with Gasteiger partial charge in [0.1, 0.15) is 0 Å². The first kappa shape index (κ1) is 21.9. The van der Waals surface area contributed by atoms with Gasteiger partial charge in [-0.1, -0.05) is 19.2 Å². The van der Waals surface area contributed by atoms with Gasteiger partial charge in [0.15, 0.2) is 11.6 Å². The fourth-order valence-corrected chi connectivity index (χ4v) is 4.96. The van der Waals surface area contributed by atoms with E-state index in [2.05, 4.69) is 61.8 Å². The molecule has 2 aromatic rings. The third-order valence-corrected chi connectivity index (χ3v) is 7.01. The van der Waals surface area contributed by atoms with E-state index in [1.54, 1.807) is 6.08 Å². The number of allylic oxidation sites excluding steroid dienone is 1. The lowest BCUT2D eigenvalue weighted by Crippen LogP contribution is -2.41. The van der Waals surface area contributed by atoms with E-state index in [4.69, 9.17) is 0 Å². The van der Waals surface area contributed by atoms with Crippen molar-refractivity contribution >= 4 is 17.5 Å². The number of nitrogens with zero attached hydrogens (tertiary/aromatic N) is 4. The van der Waals surface area contributed by atoms with Crippen molar-refractivity contribution < 1.29 is 4.39 Å². The summed E-state index contributed by atoms with van der Waals surface area (Å²) < 4.78 is 14.5. The summed E-state index contributed by atoms with van der Waals surface area (Å²) in [6.45, 7) is 11.8. The summed E-state index contributed by atoms with van der Waals surface area (Å²) in [6, 6.07) is 7.38. The number of rotatable bonds is 7. The van der Waals surface area contributed by atoms with E-state index in [9.17, 15) is 4.39 Å². The highest BCUT2D eigenvalue weighted by molar-refractivity contribution is 5.57. The zero-order valence-electron chi connectivity index (χ0n) is 19.2. The largest absolute Gasteiger partial charge is 0.370 e. The van der Waals surface area contributed by atoms with E-state index in [0.29, 0.717) is 5.95 Å². The van der Waals surface area contributed by atoms with Crippen LogP contribution in [0.2, 0.25) is 0 Å². The highest BCUT2D eigenvalue weighted by atomic mass is 19.1. The van der Waals surface area contributed by atoms with E-state index in [-0.39, 0.29) is 11.9 Å². The Kier molecular flexibility index (Phi) is 6.31. The molecule has 1 saturated carbocycles. The standard InChI is InChI=1S/C26H33FN6/c1-3-18(2)33-12-4-5-22(17-33)29-25-24(27)16-28-26(31-25)30-21-7-6-19-10-13-32(23-8-9-23)14-11-20(19)15-21/h3,6-7,15-16,22-23H,1-2,4-5,8-14,17H2,(H2,28,29,30,31)/t22-/m1/s1. The van der Waals surface area contributed by atoms with Crippen LogP contribution in [0.3, 0.4) is 0 Å². The molecule has 1 aromatic heterocycles. The van der Waals surface area contributed by atoms with Crippen molar-refractivity contribution in [2.75, 3.05) is 36.8 Å². The van der Waals surface area contributed by atoms with Crippen molar-refractivity contribution in [1.29, 1.82) is 0 Å². The molecule has 1 aliphatic carbocycles. The number of anilines is 3. The lowest BCUT2D eigenvalue weighted by atomic mass is 10.0. The van der Waals surface area contributed by atoms with Gasteiger partial charge in [-0.3, -0.25) is 4.90 Å². The summed E-state index contributed by atoms with van der Waals surface area (Å²) >= 11 is 0. The molecule has 33 heavy (non-hydrogen) atoms. The van der Waals surface area contributed by atoms with Gasteiger partial charge >= 0.3 is 0 Å². The van der Waals surface area contributed by atoms with Gasteiger partial charge in [0, 0.05) is 49.6 Å². The Balaban J connectivity index is 1.26. The molecule has 0 unspecified atom stereocenters. The average Bonchev–Trinajstić information content (AvgIpc) is 3.68. The third kappa shape index (κ3) is 5.19. The molecule has 2 N–H and O–H groups in total. The maximum absolute atomic E-state index is 14.5. The molecule has 1 saturated heterocycles. The zero-order chi connectivity index (χ0) is 22.8. The van der Waals surface area contributed by atoms with Gasteiger partial charge in [-0.25, -0.2) is 9.37 Å². The highest BCUT2D eigenvalue weighted by Crippen LogP contribution is 2.30. The second kappa shape index (κ2) is 9.51. The molecule has 7 heteroatoms. The number of hydrogen-bond donors (Lipinski definition) is 2. The Bertz CT molecular complexity index is 1030. The molecule has 1 aromatic carbocycles. The predicted octanol–water partition coefficient (Wildman–Crippen LogP) is 4.50. The van der Waals surface area contributed by atoms with Gasteiger partial charge in [-0.2, -0.15) is 4.98 Å². The Hall–Kier alpha value is -2.93. The number of nitrogens with one attached hydrogen (secondary N) is 2. The van der Waals surface area contributed by atoms with Gasteiger partial charge in [-0.15, -0.1) is 0 Å². The van der Waals surface area contributed by atoms with E-state index < -0.39 is 5.82 Å². The molecule has 2 fully saturated rings. The molecule has 6 nitrogen and oxygen atoms in total. The first-order valence-electron chi connectivity index (χ1n) is 12.1. The van der Waals surface area contributed by atoms with Crippen molar-refractivity contribution in [3.63, 3.8) is 0 Å². The predicted molar refractivity (Wildman–Crippen MR) is 131 cm³/mol. The van der Waals surface area contributed by atoms with Crippen molar-refractivity contribution in [3.8, 4) is 0 Å². The molecule has 5 rings (SSSR count). The summed E-state index contributed by atoms with van der Waals surface area (Å²) in [5.41, 5.74) is 4.65. The van der Waals surface area contributed by atoms with Gasteiger partial charge in [0.25, 0.3) is 0 Å². The van der Waals surface area contributed by atoms with E-state index in [0.717, 1.165) is 69.3 Å². The topological polar surface area (TPSA) is 56.3 Å². The fraction of sp³-hybridized carbons (Fsp3) is 0.462. The van der Waals surface area contributed by atoms with Crippen molar-refractivity contribution in [2.24, 2.45) is 0 Å². The third-order valence-electron chi connectivity index (χ3n) is 7.01. The number of hydrogen-bond acceptors (Lipinski definition) is 6. The summed E-state index contributed by atoms with van der Waals surface area (Å²) in [6.07, 6.45) is 9.83. The van der Waals surface area contributed by atoms with Crippen LogP contribution < -0.4 is 10.6 Å². The molecular formula is C26H33FN6. The fourth-order valence-electron chi connectivity index (χ4n) is 4.96. The average molecular weight is 449 g/mol. The van der Waals surface area contributed by atoms with E-state index in [1.807, 2.05) is 0 Å². The van der Waals surface area contributed by atoms with E-state index in [1.165, 1.54) is 30.2 Å². The van der Waals surface area contributed by atoms with Crippen LogP contribution in [0.1, 0.15) is 36.8 Å². The summed E-state index contributed by atoms with van der Waals surface area (Å²) in [7, 11) is 0. The number of benzene rings is 1. The van der Waals surface area contributed by atoms with Gasteiger partial charge < -0.3 is 15.5 Å². The number of likely N-dealkylation sites (tertiary alicyclic amines) is 1. The molecule has 3 aliphatic rings. The Morgan fingerprint density at radius 2 is 1.94 bits per heavy atom. The van der Waals surface area contributed by atoms with E-state index >= 15 is 0 Å². The first-order chi connectivity index (χ1) is 16.1. The van der Waals surface area contributed by atoms with Crippen LogP contribution in [-0.2, 0) is 12.8 Å². The second-order valence-corrected chi connectivity index (χ2v) is 9.39. The SMILES string of the molecule is C=CC(=C)N1CCC[C@@H](Nc2nc(Nc3ccc4c(c3)CCN(C3CC3)CC4)ncc2F)C1. The maximum atomic E-state index is 14.5. The highest BCUT2D eigenvalue weighted by Gasteiger charge is 2.29.